The molecule has 0 aliphatic carbocycles. The average Bonchev–Trinajstić information content (AvgIpc) is 2.62. The van der Waals surface area contributed by atoms with Crippen molar-refractivity contribution >= 4 is 17.4 Å². The molecule has 0 bridgehead atoms. The highest BCUT2D eigenvalue weighted by atomic mass is 19.4. The molecule has 0 atom stereocenters. The molecule has 132 valence electrons. The molecule has 1 amide bonds. The third-order valence-electron chi connectivity index (χ3n) is 4.12. The number of alkyl halides is 3. The Balaban J connectivity index is 1.70. The number of anilines is 2. The summed E-state index contributed by atoms with van der Waals surface area (Å²) in [7, 11) is 0. The molecule has 0 saturated carbocycles. The molecule has 0 unspecified atom stereocenters. The minimum Gasteiger partial charge on any atom is -0.357 e. The second kappa shape index (κ2) is 7.13. The lowest BCUT2D eigenvalue weighted by Crippen LogP contribution is -2.30. The summed E-state index contributed by atoms with van der Waals surface area (Å²) < 4.78 is 37.7. The Bertz CT molecular complexity index is 738. The topological polar surface area (TPSA) is 45.2 Å². The van der Waals surface area contributed by atoms with Crippen LogP contribution in [-0.4, -0.2) is 24.0 Å². The zero-order valence-electron chi connectivity index (χ0n) is 13.5. The van der Waals surface area contributed by atoms with Gasteiger partial charge in [-0.1, -0.05) is 6.07 Å². The predicted octanol–water partition coefficient (Wildman–Crippen LogP) is 4.34. The Labute approximate surface area is 143 Å². The third kappa shape index (κ3) is 4.29. The average molecular weight is 349 g/mol. The smallest absolute Gasteiger partial charge is 0.357 e. The van der Waals surface area contributed by atoms with E-state index in [2.05, 4.69) is 15.2 Å². The first kappa shape index (κ1) is 17.3. The molecule has 1 saturated heterocycles. The number of piperidine rings is 1. The lowest BCUT2D eigenvalue weighted by Gasteiger charge is -2.27. The van der Waals surface area contributed by atoms with Gasteiger partial charge in [-0.05, 0) is 55.7 Å². The number of hydrogen-bond donors (Lipinski definition) is 1. The van der Waals surface area contributed by atoms with E-state index in [-0.39, 0.29) is 5.69 Å². The molecule has 0 radical (unpaired) electrons. The molecule has 1 fully saturated rings. The van der Waals surface area contributed by atoms with Crippen LogP contribution in [0.25, 0.3) is 0 Å². The number of amides is 1. The van der Waals surface area contributed by atoms with Crippen LogP contribution in [0.15, 0.2) is 42.5 Å². The number of hydrogen-bond acceptors (Lipinski definition) is 3. The van der Waals surface area contributed by atoms with Crippen LogP contribution in [0.1, 0.15) is 35.3 Å². The van der Waals surface area contributed by atoms with Gasteiger partial charge in [-0.25, -0.2) is 4.98 Å². The number of halogens is 3. The number of nitrogens with one attached hydrogen (secondary N) is 1. The molecule has 4 nitrogen and oxygen atoms in total. The number of rotatable bonds is 3. The SMILES string of the molecule is O=C(Nc1ccc(C(F)(F)F)cc1)c1cccc(N2CCCCC2)n1. The molecule has 2 heterocycles. The second-order valence-electron chi connectivity index (χ2n) is 5.96. The van der Waals surface area contributed by atoms with Gasteiger partial charge in [0.1, 0.15) is 11.5 Å². The summed E-state index contributed by atoms with van der Waals surface area (Å²) in [6, 6.07) is 9.55. The Hall–Kier alpha value is -2.57. The van der Waals surface area contributed by atoms with Gasteiger partial charge < -0.3 is 10.2 Å². The summed E-state index contributed by atoms with van der Waals surface area (Å²) >= 11 is 0. The maximum absolute atomic E-state index is 12.6. The third-order valence-corrected chi connectivity index (χ3v) is 4.12. The fourth-order valence-electron chi connectivity index (χ4n) is 2.79. The van der Waals surface area contributed by atoms with Gasteiger partial charge >= 0.3 is 6.18 Å². The van der Waals surface area contributed by atoms with Gasteiger partial charge in [-0.3, -0.25) is 4.79 Å². The minimum absolute atomic E-state index is 0.239. The van der Waals surface area contributed by atoms with Crippen LogP contribution in [0.4, 0.5) is 24.7 Å². The monoisotopic (exact) mass is 349 g/mol. The highest BCUT2D eigenvalue weighted by Crippen LogP contribution is 2.29. The normalized spacial score (nSPS) is 15.1. The Morgan fingerprint density at radius 2 is 1.68 bits per heavy atom. The molecule has 25 heavy (non-hydrogen) atoms. The van der Waals surface area contributed by atoms with Crippen molar-refractivity contribution in [1.29, 1.82) is 0 Å². The molecule has 7 heteroatoms. The lowest BCUT2D eigenvalue weighted by atomic mass is 10.1. The predicted molar refractivity (Wildman–Crippen MR) is 89.7 cm³/mol. The first-order valence-electron chi connectivity index (χ1n) is 8.14. The van der Waals surface area contributed by atoms with E-state index in [1.165, 1.54) is 18.6 Å². The summed E-state index contributed by atoms with van der Waals surface area (Å²) in [5.41, 5.74) is -0.220. The minimum atomic E-state index is -4.40. The molecule has 1 N–H and O–H groups in total. The Morgan fingerprint density at radius 1 is 1.00 bits per heavy atom. The van der Waals surface area contributed by atoms with E-state index in [1.807, 2.05) is 6.07 Å². The Kier molecular flexibility index (Phi) is 4.92. The van der Waals surface area contributed by atoms with Crippen molar-refractivity contribution in [3.63, 3.8) is 0 Å². The highest BCUT2D eigenvalue weighted by Gasteiger charge is 2.30. The van der Waals surface area contributed by atoms with Crippen LogP contribution >= 0.6 is 0 Å². The number of pyridine rings is 1. The zero-order chi connectivity index (χ0) is 17.9. The van der Waals surface area contributed by atoms with Crippen molar-refractivity contribution in [2.45, 2.75) is 25.4 Å². The van der Waals surface area contributed by atoms with Crippen molar-refractivity contribution in [3.05, 3.63) is 53.7 Å². The molecular weight excluding hydrogens is 331 g/mol. The fraction of sp³-hybridized carbons (Fsp3) is 0.333. The molecule has 3 rings (SSSR count). The van der Waals surface area contributed by atoms with E-state index in [0.29, 0.717) is 5.69 Å². The van der Waals surface area contributed by atoms with Gasteiger partial charge in [-0.2, -0.15) is 13.2 Å². The van der Waals surface area contributed by atoms with E-state index in [0.717, 1.165) is 43.9 Å². The maximum atomic E-state index is 12.6. The zero-order valence-corrected chi connectivity index (χ0v) is 13.5. The molecule has 1 aliphatic heterocycles. The molecular formula is C18H18F3N3O. The van der Waals surface area contributed by atoms with Crippen LogP contribution in [0.5, 0.6) is 0 Å². The molecule has 0 spiro atoms. The summed E-state index contributed by atoms with van der Waals surface area (Å²) in [5.74, 6) is 0.304. The van der Waals surface area contributed by atoms with Gasteiger partial charge in [0.2, 0.25) is 0 Å². The first-order chi connectivity index (χ1) is 11.9. The van der Waals surface area contributed by atoms with E-state index >= 15 is 0 Å². The second-order valence-corrected chi connectivity index (χ2v) is 5.96. The van der Waals surface area contributed by atoms with Gasteiger partial charge in [0, 0.05) is 18.8 Å². The molecule has 1 aromatic carbocycles. The standard InChI is InChI=1S/C18H18F3N3O/c19-18(20,21)13-7-9-14(10-8-13)22-17(25)15-5-4-6-16(23-15)24-11-2-1-3-12-24/h4-10H,1-3,11-12H2,(H,22,25). The van der Waals surface area contributed by atoms with Gasteiger partial charge in [0.05, 0.1) is 5.56 Å². The van der Waals surface area contributed by atoms with Crippen molar-refractivity contribution < 1.29 is 18.0 Å². The summed E-state index contributed by atoms with van der Waals surface area (Å²) in [5, 5.41) is 2.58. The lowest BCUT2D eigenvalue weighted by molar-refractivity contribution is -0.137. The van der Waals surface area contributed by atoms with Crippen molar-refractivity contribution in [2.75, 3.05) is 23.3 Å². The van der Waals surface area contributed by atoms with Crippen LogP contribution in [0.3, 0.4) is 0 Å². The summed E-state index contributed by atoms with van der Waals surface area (Å²) in [4.78, 5) is 18.8. The molecule has 2 aromatic rings. The first-order valence-corrected chi connectivity index (χ1v) is 8.14. The van der Waals surface area contributed by atoms with Gasteiger partial charge in [0.15, 0.2) is 0 Å². The van der Waals surface area contributed by atoms with E-state index in [9.17, 15) is 18.0 Å². The quantitative estimate of drug-likeness (QED) is 0.896. The van der Waals surface area contributed by atoms with Crippen molar-refractivity contribution in [2.24, 2.45) is 0 Å². The van der Waals surface area contributed by atoms with E-state index in [1.54, 1.807) is 12.1 Å². The fourth-order valence-corrected chi connectivity index (χ4v) is 2.79. The number of nitrogens with zero attached hydrogens (tertiary/aromatic N) is 2. The van der Waals surface area contributed by atoms with Crippen LogP contribution in [-0.2, 0) is 6.18 Å². The number of benzene rings is 1. The van der Waals surface area contributed by atoms with E-state index < -0.39 is 17.6 Å². The van der Waals surface area contributed by atoms with Crippen LogP contribution in [0.2, 0.25) is 0 Å². The maximum Gasteiger partial charge on any atom is 0.416 e. The highest BCUT2D eigenvalue weighted by molar-refractivity contribution is 6.03. The molecule has 1 aliphatic rings. The number of aromatic nitrogens is 1. The van der Waals surface area contributed by atoms with E-state index in [4.69, 9.17) is 0 Å². The van der Waals surface area contributed by atoms with Gasteiger partial charge in [-0.15, -0.1) is 0 Å². The largest absolute Gasteiger partial charge is 0.416 e. The Morgan fingerprint density at radius 3 is 2.32 bits per heavy atom. The van der Waals surface area contributed by atoms with Crippen molar-refractivity contribution in [1.82, 2.24) is 4.98 Å². The number of carbonyl (C=O) groups is 1. The summed E-state index contributed by atoms with van der Waals surface area (Å²) in [6.45, 7) is 1.83. The number of carbonyl (C=O) groups excluding carboxylic acids is 1. The van der Waals surface area contributed by atoms with Crippen LogP contribution in [0, 0.1) is 0 Å². The van der Waals surface area contributed by atoms with Crippen LogP contribution < -0.4 is 10.2 Å². The molecule has 1 aromatic heterocycles. The van der Waals surface area contributed by atoms with Crippen molar-refractivity contribution in [3.8, 4) is 0 Å². The van der Waals surface area contributed by atoms with Gasteiger partial charge in [0.25, 0.3) is 5.91 Å². The summed E-state index contributed by atoms with van der Waals surface area (Å²) in [6.07, 6.45) is -0.995.